The number of fused-ring (bicyclic) bond motifs is 1. The Labute approximate surface area is 133 Å². The Morgan fingerprint density at radius 1 is 1.32 bits per heavy atom. The highest BCUT2D eigenvalue weighted by atomic mass is 35.5. The lowest BCUT2D eigenvalue weighted by Crippen LogP contribution is -2.25. The van der Waals surface area contributed by atoms with Crippen molar-refractivity contribution in [1.82, 2.24) is 29.9 Å². The summed E-state index contributed by atoms with van der Waals surface area (Å²) in [5.41, 5.74) is 1.03. The number of nitrogens with one attached hydrogen (secondary N) is 1. The third kappa shape index (κ3) is 2.72. The van der Waals surface area contributed by atoms with Gasteiger partial charge in [0.25, 0.3) is 5.91 Å². The molecule has 8 heteroatoms. The normalized spacial score (nSPS) is 14.5. The summed E-state index contributed by atoms with van der Waals surface area (Å²) in [6.45, 7) is 3.03. The molecule has 0 radical (unpaired) electrons. The van der Waals surface area contributed by atoms with Crippen LogP contribution in [0.1, 0.15) is 47.0 Å². The molecule has 0 atom stereocenters. The van der Waals surface area contributed by atoms with E-state index < -0.39 is 0 Å². The molecule has 22 heavy (non-hydrogen) atoms. The molecule has 0 bridgehead atoms. The smallest absolute Gasteiger partial charge is 0.256 e. The minimum absolute atomic E-state index is 0.235. The number of carbonyl (C=O) groups excluding carboxylic acids is 1. The van der Waals surface area contributed by atoms with Crippen molar-refractivity contribution in [2.24, 2.45) is 7.05 Å². The highest BCUT2D eigenvalue weighted by Crippen LogP contribution is 2.19. The standard InChI is InChI=1S/C14H19ClN6O/c1-9-12(13(15)20(2)19-9)14(22)16-8-11-18-17-10-6-4-3-5-7-21(10)11/h3-8H2,1-2H3,(H,16,22). The van der Waals surface area contributed by atoms with Crippen LogP contribution in [0, 0.1) is 6.92 Å². The van der Waals surface area contributed by atoms with Gasteiger partial charge in [-0.2, -0.15) is 5.10 Å². The van der Waals surface area contributed by atoms with Gasteiger partial charge in [-0.05, 0) is 19.8 Å². The van der Waals surface area contributed by atoms with Gasteiger partial charge >= 0.3 is 0 Å². The number of halogens is 1. The summed E-state index contributed by atoms with van der Waals surface area (Å²) < 4.78 is 3.61. The number of aryl methyl sites for hydroxylation is 3. The fourth-order valence-corrected chi connectivity index (χ4v) is 3.07. The van der Waals surface area contributed by atoms with Crippen molar-refractivity contribution in [3.05, 3.63) is 28.1 Å². The second-order valence-corrected chi connectivity index (χ2v) is 5.91. The minimum atomic E-state index is -0.235. The molecule has 3 rings (SSSR count). The van der Waals surface area contributed by atoms with E-state index >= 15 is 0 Å². The van der Waals surface area contributed by atoms with Gasteiger partial charge < -0.3 is 9.88 Å². The van der Waals surface area contributed by atoms with Crippen LogP contribution in [-0.2, 0) is 26.6 Å². The molecular weight excluding hydrogens is 304 g/mol. The first-order valence-electron chi connectivity index (χ1n) is 7.46. The zero-order valence-corrected chi connectivity index (χ0v) is 13.5. The van der Waals surface area contributed by atoms with Crippen molar-refractivity contribution >= 4 is 17.5 Å². The Kier molecular flexibility index (Phi) is 4.15. The number of carbonyl (C=O) groups is 1. The highest BCUT2D eigenvalue weighted by molar-refractivity contribution is 6.33. The number of hydrogen-bond donors (Lipinski definition) is 1. The van der Waals surface area contributed by atoms with Crippen LogP contribution < -0.4 is 5.32 Å². The summed E-state index contributed by atoms with van der Waals surface area (Å²) in [4.78, 5) is 12.3. The van der Waals surface area contributed by atoms with Gasteiger partial charge in [0.1, 0.15) is 11.0 Å². The molecule has 0 aliphatic carbocycles. The summed E-state index contributed by atoms with van der Waals surface area (Å²) in [7, 11) is 1.71. The summed E-state index contributed by atoms with van der Waals surface area (Å²) >= 11 is 6.11. The van der Waals surface area contributed by atoms with E-state index in [4.69, 9.17) is 11.6 Å². The lowest BCUT2D eigenvalue weighted by atomic mass is 10.2. The molecule has 0 saturated heterocycles. The summed E-state index contributed by atoms with van der Waals surface area (Å²) in [6, 6.07) is 0. The molecule has 0 unspecified atom stereocenters. The van der Waals surface area contributed by atoms with Crippen molar-refractivity contribution in [3.8, 4) is 0 Å². The van der Waals surface area contributed by atoms with Crippen molar-refractivity contribution < 1.29 is 4.79 Å². The van der Waals surface area contributed by atoms with E-state index in [1.807, 2.05) is 0 Å². The largest absolute Gasteiger partial charge is 0.345 e. The Hall–Kier alpha value is -1.89. The van der Waals surface area contributed by atoms with Gasteiger partial charge in [-0.25, -0.2) is 0 Å². The molecule has 7 nitrogen and oxygen atoms in total. The average molecular weight is 323 g/mol. The van der Waals surface area contributed by atoms with Crippen LogP contribution >= 0.6 is 11.6 Å². The van der Waals surface area contributed by atoms with Crippen LogP contribution in [0.25, 0.3) is 0 Å². The van der Waals surface area contributed by atoms with E-state index in [0.717, 1.165) is 37.5 Å². The molecule has 0 spiro atoms. The average Bonchev–Trinajstić information content (AvgIpc) is 2.87. The monoisotopic (exact) mass is 322 g/mol. The first-order valence-corrected chi connectivity index (χ1v) is 7.84. The number of aromatic nitrogens is 5. The number of rotatable bonds is 3. The highest BCUT2D eigenvalue weighted by Gasteiger charge is 2.20. The molecule has 1 N–H and O–H groups in total. The van der Waals surface area contributed by atoms with Gasteiger partial charge in [0, 0.05) is 20.0 Å². The number of amides is 1. The lowest BCUT2D eigenvalue weighted by molar-refractivity contribution is 0.0949. The summed E-state index contributed by atoms with van der Waals surface area (Å²) in [6.07, 6.45) is 4.43. The first kappa shape index (κ1) is 15.0. The lowest BCUT2D eigenvalue weighted by Gasteiger charge is -2.08. The van der Waals surface area contributed by atoms with Gasteiger partial charge in [-0.15, -0.1) is 10.2 Å². The van der Waals surface area contributed by atoms with E-state index in [1.165, 1.54) is 11.1 Å². The van der Waals surface area contributed by atoms with Gasteiger partial charge in [0.15, 0.2) is 5.82 Å². The third-order valence-electron chi connectivity index (χ3n) is 3.97. The van der Waals surface area contributed by atoms with E-state index in [0.29, 0.717) is 23.0 Å². The fraction of sp³-hybridized carbons (Fsp3) is 0.571. The number of nitrogens with zero attached hydrogens (tertiary/aromatic N) is 5. The Morgan fingerprint density at radius 3 is 2.86 bits per heavy atom. The Morgan fingerprint density at radius 2 is 2.14 bits per heavy atom. The van der Waals surface area contributed by atoms with Crippen LogP contribution in [0.2, 0.25) is 5.15 Å². The van der Waals surface area contributed by atoms with E-state index in [-0.39, 0.29) is 5.91 Å². The van der Waals surface area contributed by atoms with E-state index in [2.05, 4.69) is 25.2 Å². The van der Waals surface area contributed by atoms with Crippen LogP contribution in [0.3, 0.4) is 0 Å². The molecule has 1 aliphatic rings. The number of hydrogen-bond acceptors (Lipinski definition) is 4. The second kappa shape index (κ2) is 6.08. The summed E-state index contributed by atoms with van der Waals surface area (Å²) in [5, 5.41) is 15.8. The molecule has 2 aromatic heterocycles. The van der Waals surface area contributed by atoms with E-state index in [1.54, 1.807) is 14.0 Å². The van der Waals surface area contributed by atoms with E-state index in [9.17, 15) is 4.79 Å². The minimum Gasteiger partial charge on any atom is -0.345 e. The molecular formula is C14H19ClN6O. The topological polar surface area (TPSA) is 77.6 Å². The molecule has 0 fully saturated rings. The maximum Gasteiger partial charge on any atom is 0.256 e. The fourth-order valence-electron chi connectivity index (χ4n) is 2.81. The molecule has 0 aromatic carbocycles. The second-order valence-electron chi connectivity index (χ2n) is 5.55. The maximum absolute atomic E-state index is 12.3. The molecule has 1 aliphatic heterocycles. The quantitative estimate of drug-likeness (QED) is 0.931. The van der Waals surface area contributed by atoms with Crippen LogP contribution in [-0.4, -0.2) is 30.5 Å². The molecule has 0 saturated carbocycles. The van der Waals surface area contributed by atoms with Crippen molar-refractivity contribution in [1.29, 1.82) is 0 Å². The Balaban J connectivity index is 1.73. The van der Waals surface area contributed by atoms with Gasteiger partial charge in [-0.3, -0.25) is 9.48 Å². The van der Waals surface area contributed by atoms with Gasteiger partial charge in [-0.1, -0.05) is 18.0 Å². The zero-order chi connectivity index (χ0) is 15.7. The van der Waals surface area contributed by atoms with Crippen LogP contribution in [0.15, 0.2) is 0 Å². The SMILES string of the molecule is Cc1nn(C)c(Cl)c1C(=O)NCc1nnc2n1CCCCC2. The van der Waals surface area contributed by atoms with Gasteiger partial charge in [0.2, 0.25) is 0 Å². The van der Waals surface area contributed by atoms with Crippen LogP contribution in [0.4, 0.5) is 0 Å². The molecule has 1 amide bonds. The Bertz CT molecular complexity index is 704. The molecule has 118 valence electrons. The van der Waals surface area contributed by atoms with Gasteiger partial charge in [0.05, 0.1) is 17.8 Å². The summed E-state index contributed by atoms with van der Waals surface area (Å²) in [5.74, 6) is 1.57. The van der Waals surface area contributed by atoms with Crippen molar-refractivity contribution in [3.63, 3.8) is 0 Å². The zero-order valence-electron chi connectivity index (χ0n) is 12.8. The third-order valence-corrected chi connectivity index (χ3v) is 4.41. The van der Waals surface area contributed by atoms with Crippen LogP contribution in [0.5, 0.6) is 0 Å². The van der Waals surface area contributed by atoms with Crippen molar-refractivity contribution in [2.75, 3.05) is 0 Å². The molecule has 3 heterocycles. The predicted molar refractivity (Wildman–Crippen MR) is 81.7 cm³/mol. The first-order chi connectivity index (χ1) is 10.6. The maximum atomic E-state index is 12.3. The molecule has 2 aromatic rings. The van der Waals surface area contributed by atoms with Crippen molar-refractivity contribution in [2.45, 2.75) is 45.7 Å². The predicted octanol–water partition coefficient (Wildman–Crippen LogP) is 1.63.